The number of nitrogens with one attached hydrogen (secondary N) is 1. The van der Waals surface area contributed by atoms with E-state index in [1.165, 1.54) is 0 Å². The second-order valence-corrected chi connectivity index (χ2v) is 4.56. The van der Waals surface area contributed by atoms with Gasteiger partial charge in [-0.15, -0.1) is 0 Å². The van der Waals surface area contributed by atoms with Crippen molar-refractivity contribution < 1.29 is 9.53 Å². The molecule has 0 atom stereocenters. The molecular formula is C17H15NO2. The molecule has 1 aliphatic heterocycles. The zero-order chi connectivity index (χ0) is 13.9. The Morgan fingerprint density at radius 3 is 2.60 bits per heavy atom. The van der Waals surface area contributed by atoms with Gasteiger partial charge < -0.3 is 10.1 Å². The molecule has 0 saturated carbocycles. The number of hydrogen-bond donors (Lipinski definition) is 1. The van der Waals surface area contributed by atoms with Crippen LogP contribution in [0.25, 0.3) is 11.6 Å². The lowest BCUT2D eigenvalue weighted by molar-refractivity contribution is -0.110. The summed E-state index contributed by atoms with van der Waals surface area (Å²) in [5, 5.41) is 2.87. The van der Waals surface area contributed by atoms with Crippen LogP contribution in [0.5, 0.6) is 5.75 Å². The smallest absolute Gasteiger partial charge is 0.256 e. The van der Waals surface area contributed by atoms with E-state index in [0.29, 0.717) is 12.2 Å². The Hall–Kier alpha value is -2.55. The Kier molecular flexibility index (Phi) is 3.25. The van der Waals surface area contributed by atoms with Crippen LogP contribution in [0.3, 0.4) is 0 Å². The van der Waals surface area contributed by atoms with Crippen molar-refractivity contribution in [1.82, 2.24) is 0 Å². The molecule has 0 saturated heterocycles. The van der Waals surface area contributed by atoms with Crippen LogP contribution in [-0.4, -0.2) is 12.5 Å². The molecule has 0 aromatic heterocycles. The standard InChI is InChI=1S/C17H15NO2/c1-2-20-13-9-7-12(8-10-13)11-15-14-5-3-4-6-16(14)18-17(15)19/h3-11H,2H2,1H3,(H,18,19)/b15-11+. The number of para-hydroxylation sites is 1. The van der Waals surface area contributed by atoms with Crippen molar-refractivity contribution in [3.05, 3.63) is 59.7 Å². The van der Waals surface area contributed by atoms with Crippen LogP contribution in [0.15, 0.2) is 48.5 Å². The SMILES string of the molecule is CCOc1ccc(/C=C2/C(=O)Nc3ccccc32)cc1. The first-order valence-corrected chi connectivity index (χ1v) is 6.63. The summed E-state index contributed by atoms with van der Waals surface area (Å²) in [7, 11) is 0. The highest BCUT2D eigenvalue weighted by molar-refractivity contribution is 6.34. The fourth-order valence-electron chi connectivity index (χ4n) is 2.28. The number of hydrogen-bond acceptors (Lipinski definition) is 2. The van der Waals surface area contributed by atoms with E-state index in [-0.39, 0.29) is 5.91 Å². The number of ether oxygens (including phenoxy) is 1. The number of rotatable bonds is 3. The molecule has 20 heavy (non-hydrogen) atoms. The van der Waals surface area contributed by atoms with E-state index in [0.717, 1.165) is 22.6 Å². The quantitative estimate of drug-likeness (QED) is 0.861. The molecular weight excluding hydrogens is 250 g/mol. The topological polar surface area (TPSA) is 38.3 Å². The molecule has 100 valence electrons. The highest BCUT2D eigenvalue weighted by Crippen LogP contribution is 2.32. The van der Waals surface area contributed by atoms with Gasteiger partial charge in [-0.2, -0.15) is 0 Å². The third-order valence-corrected chi connectivity index (χ3v) is 3.21. The van der Waals surface area contributed by atoms with Crippen molar-refractivity contribution in [3.63, 3.8) is 0 Å². The molecule has 0 aliphatic carbocycles. The Balaban J connectivity index is 1.94. The number of carbonyl (C=O) groups is 1. The zero-order valence-electron chi connectivity index (χ0n) is 11.2. The summed E-state index contributed by atoms with van der Waals surface area (Å²) in [5.41, 5.74) is 3.50. The van der Waals surface area contributed by atoms with Crippen molar-refractivity contribution >= 4 is 23.2 Å². The molecule has 2 aromatic rings. The molecule has 1 amide bonds. The molecule has 3 nitrogen and oxygen atoms in total. The van der Waals surface area contributed by atoms with Gasteiger partial charge in [-0.1, -0.05) is 30.3 Å². The van der Waals surface area contributed by atoms with E-state index in [4.69, 9.17) is 4.74 Å². The number of carbonyl (C=O) groups excluding carboxylic acids is 1. The average Bonchev–Trinajstić information content (AvgIpc) is 2.78. The number of amides is 1. The van der Waals surface area contributed by atoms with Crippen LogP contribution in [0.2, 0.25) is 0 Å². The van der Waals surface area contributed by atoms with E-state index in [9.17, 15) is 4.79 Å². The van der Waals surface area contributed by atoms with Gasteiger partial charge >= 0.3 is 0 Å². The minimum absolute atomic E-state index is 0.0555. The van der Waals surface area contributed by atoms with Crippen molar-refractivity contribution in [1.29, 1.82) is 0 Å². The lowest BCUT2D eigenvalue weighted by Gasteiger charge is -2.03. The molecule has 1 N–H and O–H groups in total. The van der Waals surface area contributed by atoms with Crippen LogP contribution in [0.1, 0.15) is 18.1 Å². The fraction of sp³-hybridized carbons (Fsp3) is 0.118. The Labute approximate surface area is 117 Å². The summed E-state index contributed by atoms with van der Waals surface area (Å²) >= 11 is 0. The molecule has 3 rings (SSSR count). The second kappa shape index (κ2) is 5.21. The van der Waals surface area contributed by atoms with Crippen molar-refractivity contribution in [3.8, 4) is 5.75 Å². The molecule has 0 bridgehead atoms. The van der Waals surface area contributed by atoms with E-state index < -0.39 is 0 Å². The first-order chi connectivity index (χ1) is 9.78. The molecule has 1 aliphatic rings. The van der Waals surface area contributed by atoms with E-state index >= 15 is 0 Å². The van der Waals surface area contributed by atoms with Gasteiger partial charge in [-0.3, -0.25) is 4.79 Å². The number of anilines is 1. The second-order valence-electron chi connectivity index (χ2n) is 4.56. The minimum atomic E-state index is -0.0555. The van der Waals surface area contributed by atoms with Crippen molar-refractivity contribution in [2.24, 2.45) is 0 Å². The summed E-state index contributed by atoms with van der Waals surface area (Å²) in [6.07, 6.45) is 1.90. The highest BCUT2D eigenvalue weighted by Gasteiger charge is 2.22. The normalized spacial score (nSPS) is 15.1. The first kappa shape index (κ1) is 12.5. The molecule has 1 heterocycles. The predicted molar refractivity (Wildman–Crippen MR) is 80.6 cm³/mol. The minimum Gasteiger partial charge on any atom is -0.494 e. The summed E-state index contributed by atoms with van der Waals surface area (Å²) in [6, 6.07) is 15.4. The maximum Gasteiger partial charge on any atom is 0.256 e. The van der Waals surface area contributed by atoms with E-state index in [1.807, 2.05) is 61.5 Å². The maximum atomic E-state index is 12.0. The number of benzene rings is 2. The van der Waals surface area contributed by atoms with Gasteiger partial charge in [-0.25, -0.2) is 0 Å². The average molecular weight is 265 g/mol. The maximum absolute atomic E-state index is 12.0. The largest absolute Gasteiger partial charge is 0.494 e. The van der Waals surface area contributed by atoms with Gasteiger partial charge in [0, 0.05) is 16.8 Å². The van der Waals surface area contributed by atoms with E-state index in [2.05, 4.69) is 5.32 Å². The lowest BCUT2D eigenvalue weighted by atomic mass is 10.0. The lowest BCUT2D eigenvalue weighted by Crippen LogP contribution is -2.03. The highest BCUT2D eigenvalue weighted by atomic mass is 16.5. The first-order valence-electron chi connectivity index (χ1n) is 6.63. The van der Waals surface area contributed by atoms with Gasteiger partial charge in [0.05, 0.1) is 6.61 Å². The summed E-state index contributed by atoms with van der Waals surface area (Å²) in [4.78, 5) is 12.0. The van der Waals surface area contributed by atoms with Crippen LogP contribution < -0.4 is 10.1 Å². The zero-order valence-corrected chi connectivity index (χ0v) is 11.2. The van der Waals surface area contributed by atoms with Crippen LogP contribution in [0, 0.1) is 0 Å². The molecule has 0 unspecified atom stereocenters. The van der Waals surface area contributed by atoms with Gasteiger partial charge in [0.15, 0.2) is 0 Å². The summed E-state index contributed by atoms with van der Waals surface area (Å²) in [5.74, 6) is 0.783. The molecule has 0 spiro atoms. The van der Waals surface area contributed by atoms with Gasteiger partial charge in [0.2, 0.25) is 0 Å². The summed E-state index contributed by atoms with van der Waals surface area (Å²) in [6.45, 7) is 2.60. The molecule has 2 aromatic carbocycles. The Morgan fingerprint density at radius 2 is 1.85 bits per heavy atom. The summed E-state index contributed by atoms with van der Waals surface area (Å²) < 4.78 is 5.41. The Bertz CT molecular complexity index is 672. The van der Waals surface area contributed by atoms with E-state index in [1.54, 1.807) is 0 Å². The fourth-order valence-corrected chi connectivity index (χ4v) is 2.28. The third kappa shape index (κ3) is 2.30. The van der Waals surface area contributed by atoms with Crippen molar-refractivity contribution in [2.45, 2.75) is 6.92 Å². The van der Waals surface area contributed by atoms with Gasteiger partial charge in [-0.05, 0) is 36.8 Å². The van der Waals surface area contributed by atoms with Crippen LogP contribution >= 0.6 is 0 Å². The molecule has 0 radical (unpaired) electrons. The van der Waals surface area contributed by atoms with Crippen molar-refractivity contribution in [2.75, 3.05) is 11.9 Å². The Morgan fingerprint density at radius 1 is 1.10 bits per heavy atom. The number of fused-ring (bicyclic) bond motifs is 1. The van der Waals surface area contributed by atoms with Gasteiger partial charge in [0.1, 0.15) is 5.75 Å². The molecule has 0 fully saturated rings. The molecule has 3 heteroatoms. The predicted octanol–water partition coefficient (Wildman–Crippen LogP) is 3.58. The third-order valence-electron chi connectivity index (χ3n) is 3.21. The van der Waals surface area contributed by atoms with Crippen LogP contribution in [-0.2, 0) is 4.79 Å². The van der Waals surface area contributed by atoms with Crippen LogP contribution in [0.4, 0.5) is 5.69 Å². The monoisotopic (exact) mass is 265 g/mol. The van der Waals surface area contributed by atoms with Gasteiger partial charge in [0.25, 0.3) is 5.91 Å².